The Labute approximate surface area is 90.6 Å². The summed E-state index contributed by atoms with van der Waals surface area (Å²) in [6.45, 7) is 0. The molecule has 2 rings (SSSR count). The summed E-state index contributed by atoms with van der Waals surface area (Å²) in [5, 5.41) is 2.55. The molecule has 1 N–H and O–H groups in total. The molecule has 1 aliphatic heterocycles. The predicted octanol–water partition coefficient (Wildman–Crippen LogP) is 1.57. The highest BCUT2D eigenvalue weighted by atomic mass is 32.2. The highest BCUT2D eigenvalue weighted by Gasteiger charge is 2.21. The zero-order valence-corrected chi connectivity index (χ0v) is 8.69. The Morgan fingerprint density at radius 2 is 2.43 bits per heavy atom. The molecule has 1 fully saturated rings. The molecule has 0 radical (unpaired) electrons. The number of thiocarbonyl (C=S) groups is 1. The van der Waals surface area contributed by atoms with Crippen LogP contribution in [-0.4, -0.2) is 15.2 Å². The molecule has 1 aliphatic rings. The summed E-state index contributed by atoms with van der Waals surface area (Å²) in [5.41, 5.74) is 0.898. The van der Waals surface area contributed by atoms with Crippen LogP contribution in [0, 0.1) is 0 Å². The quantitative estimate of drug-likeness (QED) is 0.578. The molecule has 0 unspecified atom stereocenters. The number of pyridine rings is 1. The van der Waals surface area contributed by atoms with Crippen LogP contribution in [-0.2, 0) is 4.79 Å². The molecule has 1 saturated heterocycles. The molecule has 1 amide bonds. The van der Waals surface area contributed by atoms with E-state index in [1.165, 1.54) is 11.8 Å². The van der Waals surface area contributed by atoms with Crippen LogP contribution in [0.25, 0.3) is 6.08 Å². The second-order valence-corrected chi connectivity index (χ2v) is 4.36. The number of hydrogen-bond donors (Lipinski definition) is 1. The van der Waals surface area contributed by atoms with E-state index in [0.29, 0.717) is 9.23 Å². The van der Waals surface area contributed by atoms with Crippen molar-refractivity contribution in [3.63, 3.8) is 0 Å². The molecule has 1 aromatic heterocycles. The van der Waals surface area contributed by atoms with E-state index >= 15 is 0 Å². The number of carbonyl (C=O) groups is 1. The molecule has 0 atom stereocenters. The van der Waals surface area contributed by atoms with Gasteiger partial charge in [0.1, 0.15) is 4.32 Å². The number of carbonyl (C=O) groups excluding carboxylic acids is 1. The second kappa shape index (κ2) is 3.89. The standard InChI is InChI=1S/C9H6N2OS2/c12-8-7(14-9(13)11-8)4-6-2-1-3-10-5-6/h1-5H,(H,11,12,13)/b7-4-. The third kappa shape index (κ3) is 2.00. The van der Waals surface area contributed by atoms with Gasteiger partial charge in [0.2, 0.25) is 0 Å². The van der Waals surface area contributed by atoms with Gasteiger partial charge in [-0.1, -0.05) is 30.0 Å². The van der Waals surface area contributed by atoms with Crippen molar-refractivity contribution in [1.82, 2.24) is 10.3 Å². The van der Waals surface area contributed by atoms with Crippen molar-refractivity contribution in [3.05, 3.63) is 35.0 Å². The van der Waals surface area contributed by atoms with Gasteiger partial charge in [0.25, 0.3) is 5.91 Å². The van der Waals surface area contributed by atoms with E-state index < -0.39 is 0 Å². The minimum Gasteiger partial charge on any atom is -0.307 e. The molecule has 0 saturated carbocycles. The zero-order valence-electron chi connectivity index (χ0n) is 7.06. The van der Waals surface area contributed by atoms with Crippen LogP contribution in [0.2, 0.25) is 0 Å². The lowest BCUT2D eigenvalue weighted by Gasteiger charge is -1.92. The molecule has 70 valence electrons. The van der Waals surface area contributed by atoms with Crippen LogP contribution < -0.4 is 5.32 Å². The number of hydrogen-bond acceptors (Lipinski definition) is 4. The number of aromatic nitrogens is 1. The average Bonchev–Trinajstić information content (AvgIpc) is 2.47. The summed E-state index contributed by atoms with van der Waals surface area (Å²) >= 11 is 6.14. The van der Waals surface area contributed by atoms with E-state index in [-0.39, 0.29) is 5.91 Å². The normalized spacial score (nSPS) is 18.7. The second-order valence-electron chi connectivity index (χ2n) is 2.64. The van der Waals surface area contributed by atoms with Gasteiger partial charge in [-0.05, 0) is 17.7 Å². The van der Waals surface area contributed by atoms with Gasteiger partial charge in [-0.25, -0.2) is 0 Å². The third-order valence-electron chi connectivity index (χ3n) is 1.62. The van der Waals surface area contributed by atoms with Crippen molar-refractivity contribution in [1.29, 1.82) is 0 Å². The van der Waals surface area contributed by atoms with Gasteiger partial charge in [0.05, 0.1) is 4.91 Å². The van der Waals surface area contributed by atoms with E-state index in [1.54, 1.807) is 18.5 Å². The molecule has 14 heavy (non-hydrogen) atoms. The van der Waals surface area contributed by atoms with E-state index in [1.807, 2.05) is 12.1 Å². The molecule has 1 aromatic rings. The first-order chi connectivity index (χ1) is 6.75. The molecule has 5 heteroatoms. The van der Waals surface area contributed by atoms with Crippen molar-refractivity contribution in [3.8, 4) is 0 Å². The highest BCUT2D eigenvalue weighted by molar-refractivity contribution is 8.26. The lowest BCUT2D eigenvalue weighted by atomic mass is 10.2. The van der Waals surface area contributed by atoms with Crippen LogP contribution >= 0.6 is 24.0 Å². The zero-order chi connectivity index (χ0) is 9.97. The molecule has 0 spiro atoms. The van der Waals surface area contributed by atoms with Gasteiger partial charge >= 0.3 is 0 Å². The Balaban J connectivity index is 2.28. The van der Waals surface area contributed by atoms with Crippen LogP contribution in [0.4, 0.5) is 0 Å². The first kappa shape index (κ1) is 9.36. The van der Waals surface area contributed by atoms with Crippen LogP contribution in [0.5, 0.6) is 0 Å². The van der Waals surface area contributed by atoms with Crippen molar-refractivity contribution in [2.75, 3.05) is 0 Å². The molecule has 0 bridgehead atoms. The highest BCUT2D eigenvalue weighted by Crippen LogP contribution is 2.25. The predicted molar refractivity (Wildman–Crippen MR) is 60.5 cm³/mol. The first-order valence-electron chi connectivity index (χ1n) is 3.90. The van der Waals surface area contributed by atoms with Gasteiger partial charge in [0.15, 0.2) is 0 Å². The molecular formula is C9H6N2OS2. The largest absolute Gasteiger partial charge is 0.307 e. The average molecular weight is 222 g/mol. The minimum atomic E-state index is -0.135. The summed E-state index contributed by atoms with van der Waals surface area (Å²) in [6.07, 6.45) is 5.16. The summed E-state index contributed by atoms with van der Waals surface area (Å²) in [7, 11) is 0. The fourth-order valence-corrected chi connectivity index (χ4v) is 2.08. The Morgan fingerprint density at radius 3 is 3.00 bits per heavy atom. The van der Waals surface area contributed by atoms with Gasteiger partial charge in [0, 0.05) is 12.4 Å². The van der Waals surface area contributed by atoms with E-state index in [9.17, 15) is 4.79 Å². The van der Waals surface area contributed by atoms with Gasteiger partial charge in [-0.2, -0.15) is 0 Å². The fraction of sp³-hybridized carbons (Fsp3) is 0. The van der Waals surface area contributed by atoms with E-state index in [4.69, 9.17) is 12.2 Å². The Bertz CT molecular complexity index is 414. The third-order valence-corrected chi connectivity index (χ3v) is 2.79. The molecule has 0 aromatic carbocycles. The van der Waals surface area contributed by atoms with Gasteiger partial charge in [-0.3, -0.25) is 9.78 Å². The molecule has 3 nitrogen and oxygen atoms in total. The van der Waals surface area contributed by atoms with Crippen molar-refractivity contribution in [2.45, 2.75) is 0 Å². The van der Waals surface area contributed by atoms with Crippen LogP contribution in [0.15, 0.2) is 29.4 Å². The molecule has 0 aliphatic carbocycles. The van der Waals surface area contributed by atoms with E-state index in [2.05, 4.69) is 10.3 Å². The smallest absolute Gasteiger partial charge is 0.263 e. The number of rotatable bonds is 1. The maximum atomic E-state index is 11.3. The maximum Gasteiger partial charge on any atom is 0.263 e. The monoisotopic (exact) mass is 222 g/mol. The summed E-state index contributed by atoms with van der Waals surface area (Å²) < 4.78 is 0.505. The fourth-order valence-electron chi connectivity index (χ4n) is 1.03. The van der Waals surface area contributed by atoms with Crippen molar-refractivity contribution < 1.29 is 4.79 Å². The summed E-state index contributed by atoms with van der Waals surface area (Å²) in [5.74, 6) is -0.135. The lowest BCUT2D eigenvalue weighted by Crippen LogP contribution is -2.17. The Hall–Kier alpha value is -1.20. The van der Waals surface area contributed by atoms with Crippen molar-refractivity contribution >= 4 is 40.3 Å². The van der Waals surface area contributed by atoms with Crippen LogP contribution in [0.1, 0.15) is 5.56 Å². The first-order valence-corrected chi connectivity index (χ1v) is 5.13. The van der Waals surface area contributed by atoms with Gasteiger partial charge in [-0.15, -0.1) is 0 Å². The number of nitrogens with one attached hydrogen (secondary N) is 1. The van der Waals surface area contributed by atoms with Gasteiger partial charge < -0.3 is 5.32 Å². The topological polar surface area (TPSA) is 42.0 Å². The number of amides is 1. The lowest BCUT2D eigenvalue weighted by molar-refractivity contribution is -0.115. The van der Waals surface area contributed by atoms with Crippen molar-refractivity contribution in [2.24, 2.45) is 0 Å². The number of thioether (sulfide) groups is 1. The Kier molecular flexibility index (Phi) is 2.60. The van der Waals surface area contributed by atoms with Crippen LogP contribution in [0.3, 0.4) is 0 Å². The summed E-state index contributed by atoms with van der Waals surface area (Å²) in [4.78, 5) is 15.8. The van der Waals surface area contributed by atoms with E-state index in [0.717, 1.165) is 5.56 Å². The Morgan fingerprint density at radius 1 is 1.57 bits per heavy atom. The molecule has 2 heterocycles. The molecular weight excluding hydrogens is 216 g/mol. The maximum absolute atomic E-state index is 11.3. The minimum absolute atomic E-state index is 0.135. The SMILES string of the molecule is O=C1NC(=S)S/C1=C\c1cccnc1. The summed E-state index contributed by atoms with van der Waals surface area (Å²) in [6, 6.07) is 3.71. The number of nitrogens with zero attached hydrogens (tertiary/aromatic N) is 1.